The Morgan fingerprint density at radius 2 is 2.04 bits per heavy atom. The first-order chi connectivity index (χ1) is 12.6. The number of amides is 1. The number of rotatable bonds is 8. The molecule has 1 unspecified atom stereocenters. The lowest BCUT2D eigenvalue weighted by Crippen LogP contribution is -2.39. The third-order valence-corrected chi connectivity index (χ3v) is 4.66. The van der Waals surface area contributed by atoms with E-state index < -0.39 is 0 Å². The molecule has 0 saturated heterocycles. The fourth-order valence-electron chi connectivity index (χ4n) is 2.58. The molecule has 1 aromatic carbocycles. The molecule has 0 aliphatic carbocycles. The smallest absolute Gasteiger partial charge is 0.221 e. The number of guanidine groups is 1. The summed E-state index contributed by atoms with van der Waals surface area (Å²) in [4.78, 5) is 17.3. The molecule has 1 aromatic heterocycles. The van der Waals surface area contributed by atoms with Crippen LogP contribution in [-0.4, -0.2) is 25.0 Å². The van der Waals surface area contributed by atoms with Gasteiger partial charge in [0.15, 0.2) is 5.96 Å². The van der Waals surface area contributed by atoms with Gasteiger partial charge in [-0.1, -0.05) is 25.1 Å². The summed E-state index contributed by atoms with van der Waals surface area (Å²) in [5.41, 5.74) is 1.85. The van der Waals surface area contributed by atoms with Crippen LogP contribution in [0.2, 0.25) is 0 Å². The molecule has 0 fully saturated rings. The minimum Gasteiger partial charge on any atom is -0.357 e. The van der Waals surface area contributed by atoms with Crippen molar-refractivity contribution in [3.63, 3.8) is 0 Å². The van der Waals surface area contributed by atoms with Crippen LogP contribution in [0.5, 0.6) is 0 Å². The van der Waals surface area contributed by atoms with E-state index >= 15 is 0 Å². The maximum Gasteiger partial charge on any atom is 0.221 e. The van der Waals surface area contributed by atoms with Gasteiger partial charge < -0.3 is 16.0 Å². The third kappa shape index (κ3) is 9.23. The van der Waals surface area contributed by atoms with Crippen LogP contribution in [0.1, 0.15) is 31.2 Å². The highest BCUT2D eigenvalue weighted by Crippen LogP contribution is 2.14. The molecule has 148 valence electrons. The van der Waals surface area contributed by atoms with Crippen LogP contribution >= 0.6 is 35.3 Å². The van der Waals surface area contributed by atoms with Gasteiger partial charge in [0.2, 0.25) is 5.91 Å². The first kappa shape index (κ1) is 23.4. The molecule has 0 aliphatic heterocycles. The van der Waals surface area contributed by atoms with E-state index in [-0.39, 0.29) is 29.9 Å². The van der Waals surface area contributed by atoms with Crippen LogP contribution in [0.3, 0.4) is 0 Å². The molecule has 2 aromatic rings. The van der Waals surface area contributed by atoms with Crippen LogP contribution in [0, 0.1) is 5.92 Å². The number of nitrogens with one attached hydrogen (secondary N) is 3. The Kier molecular flexibility index (Phi) is 11.0. The van der Waals surface area contributed by atoms with Crippen LogP contribution in [0.4, 0.5) is 5.69 Å². The summed E-state index contributed by atoms with van der Waals surface area (Å²) in [6.45, 7) is 8.06. The van der Waals surface area contributed by atoms with Crippen molar-refractivity contribution in [2.45, 2.75) is 33.7 Å². The van der Waals surface area contributed by atoms with Gasteiger partial charge in [-0.25, -0.2) is 4.99 Å². The molecule has 1 amide bonds. The Labute approximate surface area is 183 Å². The van der Waals surface area contributed by atoms with Crippen LogP contribution in [0.25, 0.3) is 0 Å². The normalized spacial score (nSPS) is 12.0. The average Bonchev–Trinajstić information content (AvgIpc) is 3.10. The van der Waals surface area contributed by atoms with Gasteiger partial charge >= 0.3 is 0 Å². The van der Waals surface area contributed by atoms with E-state index in [0.717, 1.165) is 36.7 Å². The molecule has 1 heterocycles. The Morgan fingerprint density at radius 3 is 2.70 bits per heavy atom. The molecular weight excluding hydrogens is 471 g/mol. The highest BCUT2D eigenvalue weighted by atomic mass is 127. The second-order valence-electron chi connectivity index (χ2n) is 6.35. The molecule has 7 heteroatoms. The fourth-order valence-corrected chi connectivity index (χ4v) is 3.45. The van der Waals surface area contributed by atoms with Gasteiger partial charge in [0.05, 0.1) is 6.54 Å². The maximum absolute atomic E-state index is 11.2. The summed E-state index contributed by atoms with van der Waals surface area (Å²) in [5.74, 6) is 1.27. The summed E-state index contributed by atoms with van der Waals surface area (Å²) in [7, 11) is 0. The number of halogens is 1. The van der Waals surface area contributed by atoms with Crippen molar-refractivity contribution in [1.82, 2.24) is 10.6 Å². The predicted octanol–water partition coefficient (Wildman–Crippen LogP) is 4.26. The zero-order valence-corrected chi connectivity index (χ0v) is 19.3. The lowest BCUT2D eigenvalue weighted by molar-refractivity contribution is -0.114. The molecule has 0 spiro atoms. The van der Waals surface area contributed by atoms with Gasteiger partial charge in [-0.2, -0.15) is 0 Å². The summed E-state index contributed by atoms with van der Waals surface area (Å²) < 4.78 is 0. The Balaban J connectivity index is 0.00000364. The minimum absolute atomic E-state index is 0. The minimum atomic E-state index is -0.0691. The van der Waals surface area contributed by atoms with E-state index in [2.05, 4.69) is 52.3 Å². The van der Waals surface area contributed by atoms with Crippen molar-refractivity contribution in [3.05, 3.63) is 52.2 Å². The summed E-state index contributed by atoms with van der Waals surface area (Å²) >= 11 is 1.81. The van der Waals surface area contributed by atoms with Crippen molar-refractivity contribution >= 4 is 52.9 Å². The topological polar surface area (TPSA) is 65.5 Å². The summed E-state index contributed by atoms with van der Waals surface area (Å²) in [6.07, 6.45) is 1.07. The molecule has 2 rings (SSSR count). The SMILES string of the molecule is CCNC(=NCc1cccc(NC(C)=O)c1)NCC(C)Cc1cccs1.I. The van der Waals surface area contributed by atoms with Gasteiger partial charge in [0.25, 0.3) is 0 Å². The van der Waals surface area contributed by atoms with Gasteiger partial charge in [0.1, 0.15) is 0 Å². The van der Waals surface area contributed by atoms with E-state index in [4.69, 9.17) is 0 Å². The van der Waals surface area contributed by atoms with Gasteiger partial charge in [-0.05, 0) is 48.4 Å². The summed E-state index contributed by atoms with van der Waals surface area (Å²) in [6, 6.07) is 12.1. The van der Waals surface area contributed by atoms with Crippen molar-refractivity contribution in [3.8, 4) is 0 Å². The van der Waals surface area contributed by atoms with Gasteiger partial charge in [-0.3, -0.25) is 4.79 Å². The molecule has 0 aliphatic rings. The van der Waals surface area contributed by atoms with Crippen molar-refractivity contribution in [2.24, 2.45) is 10.9 Å². The number of anilines is 1. The van der Waals surface area contributed by atoms with Gasteiger partial charge in [0, 0.05) is 30.6 Å². The first-order valence-corrected chi connectivity index (χ1v) is 9.86. The zero-order chi connectivity index (χ0) is 18.8. The quantitative estimate of drug-likeness (QED) is 0.288. The molecule has 0 bridgehead atoms. The molecule has 0 saturated carbocycles. The number of thiophene rings is 1. The Bertz CT molecular complexity index is 719. The number of nitrogens with zero attached hydrogens (tertiary/aromatic N) is 1. The number of aliphatic imine (C=N–C) groups is 1. The number of carbonyl (C=O) groups excluding carboxylic acids is 1. The molecular formula is C20H29IN4OS. The van der Waals surface area contributed by atoms with Crippen molar-refractivity contribution < 1.29 is 4.79 Å². The molecule has 1 atom stereocenters. The molecule has 5 nitrogen and oxygen atoms in total. The van der Waals surface area contributed by atoms with E-state index in [1.165, 1.54) is 11.8 Å². The fraction of sp³-hybridized carbons (Fsp3) is 0.400. The monoisotopic (exact) mass is 500 g/mol. The number of hydrogen-bond donors (Lipinski definition) is 3. The summed E-state index contributed by atoms with van der Waals surface area (Å²) in [5, 5.41) is 11.6. The van der Waals surface area contributed by atoms with Crippen molar-refractivity contribution in [1.29, 1.82) is 0 Å². The highest BCUT2D eigenvalue weighted by Gasteiger charge is 2.06. The number of hydrogen-bond acceptors (Lipinski definition) is 3. The highest BCUT2D eigenvalue weighted by molar-refractivity contribution is 14.0. The van der Waals surface area contributed by atoms with Crippen molar-refractivity contribution in [2.75, 3.05) is 18.4 Å². The molecule has 27 heavy (non-hydrogen) atoms. The number of carbonyl (C=O) groups is 1. The van der Waals surface area contributed by atoms with Crippen LogP contribution in [0.15, 0.2) is 46.8 Å². The molecule has 3 N–H and O–H groups in total. The lowest BCUT2D eigenvalue weighted by atomic mass is 10.1. The third-order valence-electron chi connectivity index (χ3n) is 3.76. The number of benzene rings is 1. The lowest BCUT2D eigenvalue weighted by Gasteiger charge is -2.15. The predicted molar refractivity (Wildman–Crippen MR) is 126 cm³/mol. The largest absolute Gasteiger partial charge is 0.357 e. The second kappa shape index (κ2) is 12.7. The standard InChI is InChI=1S/C20H28N4OS.HI/c1-4-21-20(22-13-15(2)11-19-9-6-10-26-19)23-14-17-7-5-8-18(12-17)24-16(3)25;/h5-10,12,15H,4,11,13-14H2,1-3H3,(H,24,25)(H2,21,22,23);1H. The average molecular weight is 500 g/mol. The van der Waals surface area contributed by atoms with Crippen LogP contribution < -0.4 is 16.0 Å². The van der Waals surface area contributed by atoms with E-state index in [1.54, 1.807) is 11.3 Å². The van der Waals surface area contributed by atoms with Crippen LogP contribution in [-0.2, 0) is 17.8 Å². The Morgan fingerprint density at radius 1 is 1.22 bits per heavy atom. The maximum atomic E-state index is 11.2. The molecule has 0 radical (unpaired) electrons. The zero-order valence-electron chi connectivity index (χ0n) is 16.1. The van der Waals surface area contributed by atoms with Gasteiger partial charge in [-0.15, -0.1) is 35.3 Å². The van der Waals surface area contributed by atoms with E-state index in [9.17, 15) is 4.79 Å². The van der Waals surface area contributed by atoms with E-state index in [0.29, 0.717) is 12.5 Å². The second-order valence-corrected chi connectivity index (χ2v) is 7.38. The van der Waals surface area contributed by atoms with E-state index in [1.807, 2.05) is 24.3 Å². The Hall–Kier alpha value is -1.61. The first-order valence-electron chi connectivity index (χ1n) is 8.98.